The van der Waals surface area contributed by atoms with E-state index in [0.29, 0.717) is 17.4 Å². The van der Waals surface area contributed by atoms with Crippen LogP contribution in [0, 0.1) is 24.2 Å². The van der Waals surface area contributed by atoms with Crippen LogP contribution in [0.1, 0.15) is 52.3 Å². The molecule has 0 aliphatic carbocycles. The lowest BCUT2D eigenvalue weighted by molar-refractivity contribution is -0.113. The molecule has 43 heavy (non-hydrogen) atoms. The molecule has 0 saturated carbocycles. The van der Waals surface area contributed by atoms with Crippen molar-refractivity contribution in [3.63, 3.8) is 0 Å². The molecular weight excluding hydrogens is 622 g/mol. The van der Waals surface area contributed by atoms with E-state index >= 15 is 4.39 Å². The molecule has 236 valence electrons. The number of phosphoric acid groups is 1. The van der Waals surface area contributed by atoms with Crippen LogP contribution in [-0.2, 0) is 32.5 Å². The molecule has 2 fully saturated rings. The van der Waals surface area contributed by atoms with Crippen LogP contribution in [0.5, 0.6) is 0 Å². The Bertz CT molecular complexity index is 1430. The zero-order chi connectivity index (χ0) is 31.5. The number of carbonyl (C=O) groups excluding carboxylic acids is 2. The highest BCUT2D eigenvalue weighted by Gasteiger charge is 2.56. The number of ether oxygens (including phenoxy) is 1. The number of halogens is 1. The number of carbonyl (C=O) groups is 2. The summed E-state index contributed by atoms with van der Waals surface area (Å²) in [6.07, 6.45) is 3.82. The predicted octanol–water partition coefficient (Wildman–Crippen LogP) is 4.11. The van der Waals surface area contributed by atoms with E-state index in [9.17, 15) is 19.3 Å². The lowest BCUT2D eigenvalue weighted by atomic mass is 9.98. The van der Waals surface area contributed by atoms with Crippen molar-refractivity contribution < 1.29 is 42.0 Å². The van der Waals surface area contributed by atoms with E-state index in [-0.39, 0.29) is 58.1 Å². The highest BCUT2D eigenvalue weighted by molar-refractivity contribution is 8.13. The summed E-state index contributed by atoms with van der Waals surface area (Å²) < 4.78 is 54.1. The monoisotopic (exact) mass is 658 g/mol. The van der Waals surface area contributed by atoms with Gasteiger partial charge < -0.3 is 20.1 Å². The summed E-state index contributed by atoms with van der Waals surface area (Å²) >= 11 is 2.10. The van der Waals surface area contributed by atoms with Gasteiger partial charge in [0.2, 0.25) is 0 Å². The van der Waals surface area contributed by atoms with Crippen molar-refractivity contribution in [2.24, 2.45) is 11.8 Å². The molecule has 2 aromatic rings. The van der Waals surface area contributed by atoms with Crippen LogP contribution >= 0.6 is 31.3 Å². The van der Waals surface area contributed by atoms with Gasteiger partial charge in [0.1, 0.15) is 30.0 Å². The van der Waals surface area contributed by atoms with Crippen molar-refractivity contribution in [2.45, 2.75) is 70.7 Å². The van der Waals surface area contributed by atoms with Crippen LogP contribution in [0.25, 0.3) is 11.0 Å². The van der Waals surface area contributed by atoms with E-state index in [2.05, 4.69) is 15.9 Å². The molecule has 2 aliphatic rings. The highest BCUT2D eigenvalue weighted by atomic mass is 32.2. The number of hydrogen-bond donors (Lipinski definition) is 2. The van der Waals surface area contributed by atoms with Crippen molar-refractivity contribution in [1.82, 2.24) is 14.5 Å². The number of aliphatic hydroxyl groups is 1. The van der Waals surface area contributed by atoms with Crippen LogP contribution in [0.3, 0.4) is 0 Å². The number of anilines is 1. The van der Waals surface area contributed by atoms with Gasteiger partial charge in [-0.3, -0.25) is 23.2 Å². The molecule has 0 radical (unpaired) electrons. The molecule has 4 heterocycles. The number of rotatable bonds is 12. The van der Waals surface area contributed by atoms with Crippen LogP contribution < -0.4 is 5.73 Å². The maximum absolute atomic E-state index is 16.1. The Morgan fingerprint density at radius 1 is 1.44 bits per heavy atom. The number of terminal acetylenes is 1. The Morgan fingerprint density at radius 3 is 2.86 bits per heavy atom. The Kier molecular flexibility index (Phi) is 11.0. The summed E-state index contributed by atoms with van der Waals surface area (Å²) in [5.74, 6) is 2.96. The van der Waals surface area contributed by atoms with Gasteiger partial charge in [0.05, 0.1) is 30.3 Å². The van der Waals surface area contributed by atoms with Gasteiger partial charge in [0.25, 0.3) is 0 Å². The van der Waals surface area contributed by atoms with Crippen molar-refractivity contribution in [2.75, 3.05) is 30.5 Å². The number of nitrogens with zero attached hydrogens (tertiary/aromatic N) is 3. The van der Waals surface area contributed by atoms with E-state index in [1.165, 1.54) is 17.1 Å². The second-order valence-corrected chi connectivity index (χ2v) is 14.9. The normalized spacial score (nSPS) is 29.2. The largest absolute Gasteiger partial charge is 0.475 e. The first-order chi connectivity index (χ1) is 20.3. The molecule has 2 saturated heterocycles. The Hall–Kier alpha value is -2.02. The van der Waals surface area contributed by atoms with Gasteiger partial charge in [-0.1, -0.05) is 50.2 Å². The topological polar surface area (TPSA) is 165 Å². The smallest absolute Gasteiger partial charge is 0.387 e. The number of nitrogens with two attached hydrogens (primary N) is 1. The summed E-state index contributed by atoms with van der Waals surface area (Å²) in [6, 6.07) is 0. The van der Waals surface area contributed by atoms with E-state index < -0.39 is 44.6 Å². The Labute approximate surface area is 257 Å². The first kappa shape index (κ1) is 33.9. The lowest BCUT2D eigenvalue weighted by Crippen LogP contribution is -2.40. The Balaban J connectivity index is 1.49. The molecule has 3 unspecified atom stereocenters. The molecule has 4 rings (SSSR count). The summed E-state index contributed by atoms with van der Waals surface area (Å²) in [5, 5.41) is 11.2. The number of aliphatic hydroxyl groups excluding tert-OH is 1. The molecule has 3 N–H and O–H groups in total. The third-order valence-electron chi connectivity index (χ3n) is 7.13. The van der Waals surface area contributed by atoms with Gasteiger partial charge in [-0.2, -0.15) is 0 Å². The highest BCUT2D eigenvalue weighted by Crippen LogP contribution is 2.54. The fraction of sp³-hybridized carbons (Fsp3) is 0.630. The molecule has 0 amide bonds. The van der Waals surface area contributed by atoms with Crippen LogP contribution in [0.2, 0.25) is 0 Å². The zero-order valence-corrected chi connectivity index (χ0v) is 26.8. The van der Waals surface area contributed by atoms with Crippen LogP contribution in [0.4, 0.5) is 10.2 Å². The molecule has 0 aromatic carbocycles. The van der Waals surface area contributed by atoms with Gasteiger partial charge in [-0.15, -0.1) is 6.42 Å². The predicted molar refractivity (Wildman–Crippen MR) is 162 cm³/mol. The summed E-state index contributed by atoms with van der Waals surface area (Å²) in [6.45, 7) is 6.12. The maximum atomic E-state index is 16.1. The van der Waals surface area contributed by atoms with Crippen LogP contribution in [0.15, 0.2) is 12.5 Å². The first-order valence-corrected chi connectivity index (χ1v) is 17.2. The molecule has 12 nitrogen and oxygen atoms in total. The first-order valence-electron chi connectivity index (χ1n) is 13.7. The SMILES string of the molecule is C#Cc1cn([C@@H]2O[C@H](COP(=O)(OCCSC(=O)CC(C)C)OC3CSC(=O)CC3C)[C@@H](O)[C@@]2(C)F)c2ncnc(N)c12. The molecule has 2 aromatic heterocycles. The number of nitrogen functional groups attached to an aromatic ring is 1. The average molecular weight is 659 g/mol. The number of alkyl halides is 1. The number of aromatic nitrogens is 3. The number of fused-ring (bicyclic) bond motifs is 1. The molecular formula is C27H36FN4O8PS2. The number of phosphoric ester groups is 1. The minimum Gasteiger partial charge on any atom is -0.387 e. The minimum atomic E-state index is -4.32. The second kappa shape index (κ2) is 14.0. The van der Waals surface area contributed by atoms with E-state index in [0.717, 1.165) is 30.4 Å². The standard InChI is InChI=1S/C27H36FN4O8PS2/c1-6-17-11-32(25-22(17)24(29)30-14-31-25)26-27(5,28)23(35)18(39-26)12-38-41(36,37-7-8-42-20(33)9-15(2)3)40-19-13-43-21(34)10-16(19)4/h1,11,14-16,18-19,23,26,35H,7-10,12-13H2,2-5H3,(H2,29,30,31)/t16?,18-,19?,23-,26-,27-,41?/m1/s1. The van der Waals surface area contributed by atoms with E-state index in [4.69, 9.17) is 30.5 Å². The maximum Gasteiger partial charge on any atom is 0.475 e. The van der Waals surface area contributed by atoms with Crippen molar-refractivity contribution >= 4 is 58.4 Å². The van der Waals surface area contributed by atoms with E-state index in [1.807, 2.05) is 13.8 Å². The summed E-state index contributed by atoms with van der Waals surface area (Å²) in [7, 11) is -4.32. The van der Waals surface area contributed by atoms with E-state index in [1.54, 1.807) is 6.92 Å². The van der Waals surface area contributed by atoms with Gasteiger partial charge in [-0.25, -0.2) is 18.9 Å². The molecule has 0 spiro atoms. The van der Waals surface area contributed by atoms with Crippen LogP contribution in [-0.4, -0.2) is 78.6 Å². The summed E-state index contributed by atoms with van der Waals surface area (Å²) in [4.78, 5) is 32.0. The van der Waals surface area contributed by atoms with Crippen molar-refractivity contribution in [3.8, 4) is 12.3 Å². The fourth-order valence-corrected chi connectivity index (χ4v) is 8.45. The Morgan fingerprint density at radius 2 is 2.19 bits per heavy atom. The fourth-order valence-electron chi connectivity index (χ4n) is 4.80. The molecule has 0 bridgehead atoms. The quantitative estimate of drug-likeness (QED) is 0.190. The number of thioether (sulfide) groups is 2. The molecule has 2 aliphatic heterocycles. The van der Waals surface area contributed by atoms with Crippen molar-refractivity contribution in [1.29, 1.82) is 0 Å². The molecule has 16 heteroatoms. The lowest BCUT2D eigenvalue weighted by Gasteiger charge is -2.30. The third-order valence-corrected chi connectivity index (χ3v) is 10.5. The zero-order valence-electron chi connectivity index (χ0n) is 24.3. The van der Waals surface area contributed by atoms with Gasteiger partial charge in [0, 0.05) is 30.5 Å². The average Bonchev–Trinajstić information content (AvgIpc) is 3.41. The van der Waals surface area contributed by atoms with Gasteiger partial charge in [-0.05, 0) is 18.8 Å². The van der Waals surface area contributed by atoms with Gasteiger partial charge in [0.15, 0.2) is 22.1 Å². The number of hydrogen-bond acceptors (Lipinski definition) is 13. The van der Waals surface area contributed by atoms with Gasteiger partial charge >= 0.3 is 7.82 Å². The third kappa shape index (κ3) is 7.80. The molecule has 7 atom stereocenters. The summed E-state index contributed by atoms with van der Waals surface area (Å²) in [5.41, 5.74) is 4.15. The minimum absolute atomic E-state index is 0.00242. The second-order valence-electron chi connectivity index (χ2n) is 11.1. The van der Waals surface area contributed by atoms with Crippen molar-refractivity contribution in [3.05, 3.63) is 18.1 Å².